The molecule has 19 heavy (non-hydrogen) atoms. The van der Waals surface area contributed by atoms with Gasteiger partial charge in [0, 0.05) is 12.6 Å². The van der Waals surface area contributed by atoms with Crippen LogP contribution in [0, 0.1) is 0 Å². The summed E-state index contributed by atoms with van der Waals surface area (Å²) < 4.78 is 10.9. The number of rotatable bonds is 5. The number of halogens is 1. The Kier molecular flexibility index (Phi) is 5.15. The van der Waals surface area contributed by atoms with Gasteiger partial charge in [-0.25, -0.2) is 0 Å². The zero-order valence-electron chi connectivity index (χ0n) is 11.2. The number of hydrogen-bond acceptors (Lipinski definition) is 6. The van der Waals surface area contributed by atoms with Crippen LogP contribution >= 0.6 is 11.6 Å². The van der Waals surface area contributed by atoms with Crippen molar-refractivity contribution in [1.82, 2.24) is 15.0 Å². The number of hydrogen-bond donors (Lipinski definition) is 1. The minimum Gasteiger partial charge on any atom is -0.463 e. The van der Waals surface area contributed by atoms with Crippen molar-refractivity contribution in [3.8, 4) is 6.01 Å². The fourth-order valence-electron chi connectivity index (χ4n) is 1.97. The van der Waals surface area contributed by atoms with Crippen molar-refractivity contribution >= 4 is 17.5 Å². The Balaban J connectivity index is 2.00. The summed E-state index contributed by atoms with van der Waals surface area (Å²) in [5.74, 6) is 0.463. The van der Waals surface area contributed by atoms with Gasteiger partial charge >= 0.3 is 6.01 Å². The smallest absolute Gasteiger partial charge is 0.322 e. The van der Waals surface area contributed by atoms with E-state index in [0.29, 0.717) is 18.6 Å². The van der Waals surface area contributed by atoms with Crippen molar-refractivity contribution in [2.24, 2.45) is 0 Å². The Morgan fingerprint density at radius 2 is 2.26 bits per heavy atom. The van der Waals surface area contributed by atoms with Crippen molar-refractivity contribution in [2.45, 2.75) is 45.3 Å². The molecular formula is C12H19ClN4O2. The minimum absolute atomic E-state index is 0.142. The first-order valence-electron chi connectivity index (χ1n) is 6.60. The summed E-state index contributed by atoms with van der Waals surface area (Å²) in [6, 6.07) is 0.561. The highest BCUT2D eigenvalue weighted by atomic mass is 35.5. The van der Waals surface area contributed by atoms with Crippen molar-refractivity contribution in [2.75, 3.05) is 18.5 Å². The molecule has 0 bridgehead atoms. The van der Waals surface area contributed by atoms with Gasteiger partial charge in [0.25, 0.3) is 0 Å². The lowest BCUT2D eigenvalue weighted by Gasteiger charge is -2.27. The highest BCUT2D eigenvalue weighted by molar-refractivity contribution is 6.28. The Morgan fingerprint density at radius 3 is 3.00 bits per heavy atom. The molecule has 0 saturated carbocycles. The van der Waals surface area contributed by atoms with Crippen LogP contribution in [0.25, 0.3) is 0 Å². The maximum Gasteiger partial charge on any atom is 0.322 e. The van der Waals surface area contributed by atoms with E-state index in [1.54, 1.807) is 0 Å². The molecule has 1 aliphatic rings. The number of anilines is 1. The van der Waals surface area contributed by atoms with Gasteiger partial charge in [0.2, 0.25) is 11.2 Å². The van der Waals surface area contributed by atoms with Crippen LogP contribution in [0.4, 0.5) is 5.95 Å². The van der Waals surface area contributed by atoms with Gasteiger partial charge in [0.15, 0.2) is 0 Å². The zero-order valence-corrected chi connectivity index (χ0v) is 12.0. The molecule has 0 aliphatic carbocycles. The first-order chi connectivity index (χ1) is 9.17. The van der Waals surface area contributed by atoms with Crippen LogP contribution in [0.15, 0.2) is 0 Å². The maximum atomic E-state index is 5.87. The number of nitrogens with one attached hydrogen (secondary N) is 1. The van der Waals surface area contributed by atoms with Crippen LogP contribution in [0.1, 0.15) is 33.1 Å². The molecule has 1 fully saturated rings. The first kappa shape index (κ1) is 14.3. The van der Waals surface area contributed by atoms with Crippen molar-refractivity contribution in [3.05, 3.63) is 5.28 Å². The van der Waals surface area contributed by atoms with Crippen LogP contribution in [0.2, 0.25) is 5.28 Å². The molecule has 1 saturated heterocycles. The summed E-state index contributed by atoms with van der Waals surface area (Å²) in [6.07, 6.45) is 3.00. The second kappa shape index (κ2) is 6.86. The van der Waals surface area contributed by atoms with E-state index < -0.39 is 0 Å². The summed E-state index contributed by atoms with van der Waals surface area (Å²) in [5.41, 5.74) is 0. The second-order valence-electron chi connectivity index (χ2n) is 4.61. The van der Waals surface area contributed by atoms with E-state index in [4.69, 9.17) is 21.1 Å². The first-order valence-corrected chi connectivity index (χ1v) is 6.97. The van der Waals surface area contributed by atoms with Gasteiger partial charge in [-0.15, -0.1) is 0 Å². The maximum absolute atomic E-state index is 5.87. The van der Waals surface area contributed by atoms with Gasteiger partial charge in [-0.1, -0.05) is 6.92 Å². The van der Waals surface area contributed by atoms with Gasteiger partial charge in [-0.2, -0.15) is 15.0 Å². The second-order valence-corrected chi connectivity index (χ2v) is 4.94. The van der Waals surface area contributed by atoms with E-state index in [9.17, 15) is 0 Å². The molecule has 0 amide bonds. The molecular weight excluding hydrogens is 268 g/mol. The minimum atomic E-state index is 0.142. The summed E-state index contributed by atoms with van der Waals surface area (Å²) in [5, 5.41) is 3.40. The van der Waals surface area contributed by atoms with Gasteiger partial charge < -0.3 is 14.8 Å². The van der Waals surface area contributed by atoms with Crippen LogP contribution in [-0.2, 0) is 4.74 Å². The average Bonchev–Trinajstić information content (AvgIpc) is 2.35. The predicted molar refractivity (Wildman–Crippen MR) is 72.7 cm³/mol. The lowest BCUT2D eigenvalue weighted by atomic mass is 10.0. The Bertz CT molecular complexity index is 419. The molecule has 1 N–H and O–H groups in total. The fraction of sp³-hybridized carbons (Fsp3) is 0.750. The standard InChI is InChI=1S/C12H19ClN4O2/c1-3-5-19-12-16-10(13)15-11(17-12)14-9-4-6-18-8(2)7-9/h8-9H,3-7H2,1-2H3,(H,14,15,16,17). The monoisotopic (exact) mass is 286 g/mol. The van der Waals surface area contributed by atoms with Crippen molar-refractivity contribution in [3.63, 3.8) is 0 Å². The van der Waals surface area contributed by atoms with Crippen LogP contribution in [0.5, 0.6) is 6.01 Å². The van der Waals surface area contributed by atoms with Crippen LogP contribution < -0.4 is 10.1 Å². The Hall–Kier alpha value is -1.14. The topological polar surface area (TPSA) is 69.2 Å². The van der Waals surface area contributed by atoms with E-state index in [1.165, 1.54) is 0 Å². The molecule has 7 heteroatoms. The molecule has 2 atom stereocenters. The van der Waals surface area contributed by atoms with E-state index in [-0.39, 0.29) is 17.4 Å². The third kappa shape index (κ3) is 4.47. The molecule has 0 spiro atoms. The molecule has 1 aromatic rings. The van der Waals surface area contributed by atoms with Crippen LogP contribution in [0.3, 0.4) is 0 Å². The van der Waals surface area contributed by atoms with Gasteiger partial charge in [0.1, 0.15) is 0 Å². The SMILES string of the molecule is CCCOc1nc(Cl)nc(NC2CCOC(C)C2)n1. The number of ether oxygens (including phenoxy) is 2. The summed E-state index contributed by atoms with van der Waals surface area (Å²) in [6.45, 7) is 5.39. The average molecular weight is 287 g/mol. The Labute approximate surface area is 117 Å². The van der Waals surface area contributed by atoms with Gasteiger partial charge in [-0.05, 0) is 37.8 Å². The highest BCUT2D eigenvalue weighted by Gasteiger charge is 2.20. The number of aromatic nitrogens is 3. The van der Waals surface area contributed by atoms with E-state index in [1.807, 2.05) is 6.92 Å². The van der Waals surface area contributed by atoms with Crippen molar-refractivity contribution in [1.29, 1.82) is 0 Å². The Morgan fingerprint density at radius 1 is 1.42 bits per heavy atom. The van der Waals surface area contributed by atoms with E-state index >= 15 is 0 Å². The molecule has 106 valence electrons. The summed E-state index contributed by atoms with van der Waals surface area (Å²) >= 11 is 5.87. The van der Waals surface area contributed by atoms with Gasteiger partial charge in [0.05, 0.1) is 12.7 Å². The molecule has 1 aromatic heterocycles. The molecule has 1 aliphatic heterocycles. The molecule has 6 nitrogen and oxygen atoms in total. The normalized spacial score (nSPS) is 23.1. The van der Waals surface area contributed by atoms with Gasteiger partial charge in [-0.3, -0.25) is 0 Å². The quantitative estimate of drug-likeness (QED) is 0.896. The van der Waals surface area contributed by atoms with Crippen molar-refractivity contribution < 1.29 is 9.47 Å². The number of nitrogens with zero attached hydrogens (tertiary/aromatic N) is 3. The lowest BCUT2D eigenvalue weighted by molar-refractivity contribution is 0.0231. The van der Waals surface area contributed by atoms with E-state index in [0.717, 1.165) is 25.9 Å². The predicted octanol–water partition coefficient (Wildman–Crippen LogP) is 2.29. The summed E-state index contributed by atoms with van der Waals surface area (Å²) in [7, 11) is 0. The molecule has 2 heterocycles. The fourth-order valence-corrected chi connectivity index (χ4v) is 2.12. The largest absolute Gasteiger partial charge is 0.463 e. The third-order valence-corrected chi connectivity index (χ3v) is 3.01. The molecule has 2 unspecified atom stereocenters. The zero-order chi connectivity index (χ0) is 13.7. The highest BCUT2D eigenvalue weighted by Crippen LogP contribution is 2.18. The molecule has 2 rings (SSSR count). The summed E-state index contributed by atoms with van der Waals surface area (Å²) in [4.78, 5) is 12.2. The third-order valence-electron chi connectivity index (χ3n) is 2.84. The molecule has 0 aromatic carbocycles. The molecule has 0 radical (unpaired) electrons. The van der Waals surface area contributed by atoms with Crippen LogP contribution in [-0.4, -0.2) is 40.3 Å². The lowest BCUT2D eigenvalue weighted by Crippen LogP contribution is -2.33. The van der Waals surface area contributed by atoms with E-state index in [2.05, 4.69) is 27.2 Å².